The Morgan fingerprint density at radius 2 is 2.23 bits per heavy atom. The molecule has 3 heterocycles. The third kappa shape index (κ3) is 3.43. The van der Waals surface area contributed by atoms with Crippen LogP contribution in [-0.2, 0) is 12.0 Å². The summed E-state index contributed by atoms with van der Waals surface area (Å²) in [6.07, 6.45) is 2.28. The van der Waals surface area contributed by atoms with E-state index in [0.717, 1.165) is 45.6 Å². The van der Waals surface area contributed by atoms with Crippen LogP contribution in [0.15, 0.2) is 5.38 Å². The minimum atomic E-state index is 0.107. The summed E-state index contributed by atoms with van der Waals surface area (Å²) in [5.41, 5.74) is 1.29. The van der Waals surface area contributed by atoms with Gasteiger partial charge in [-0.1, -0.05) is 20.8 Å². The second-order valence-electron chi connectivity index (χ2n) is 7.35. The molecule has 6 heteroatoms. The van der Waals surface area contributed by atoms with Crippen LogP contribution in [0.1, 0.15) is 44.3 Å². The van der Waals surface area contributed by atoms with Crippen molar-refractivity contribution >= 4 is 17.4 Å². The van der Waals surface area contributed by atoms with Crippen LogP contribution in [0.2, 0.25) is 0 Å². The molecule has 1 atom stereocenters. The maximum Gasteiger partial charge on any atom is 0.317 e. The molecule has 2 saturated heterocycles. The first-order valence-electron chi connectivity index (χ1n) is 8.15. The molecule has 0 saturated carbocycles. The Hall–Kier alpha value is -1.14. The van der Waals surface area contributed by atoms with Crippen LogP contribution in [0.25, 0.3) is 0 Å². The van der Waals surface area contributed by atoms with Crippen LogP contribution in [-0.4, -0.2) is 53.0 Å². The summed E-state index contributed by atoms with van der Waals surface area (Å²) in [7, 11) is 0. The highest BCUT2D eigenvalue weighted by molar-refractivity contribution is 7.09. The van der Waals surface area contributed by atoms with Gasteiger partial charge in [-0.2, -0.15) is 0 Å². The van der Waals surface area contributed by atoms with Gasteiger partial charge < -0.3 is 10.2 Å². The number of aromatic nitrogens is 1. The zero-order valence-corrected chi connectivity index (χ0v) is 14.6. The van der Waals surface area contributed by atoms with Crippen LogP contribution in [0.5, 0.6) is 0 Å². The van der Waals surface area contributed by atoms with Crippen LogP contribution in [0.4, 0.5) is 4.79 Å². The lowest BCUT2D eigenvalue weighted by Crippen LogP contribution is -2.48. The number of rotatable bonds is 3. The highest BCUT2D eigenvalue weighted by Crippen LogP contribution is 2.26. The average Bonchev–Trinajstić information content (AvgIpc) is 3.07. The SMILES string of the molecule is CC(C)(C)c1nc(CN2CCCC(N3CCNC3=O)C2)cs1. The number of urea groups is 1. The van der Waals surface area contributed by atoms with Crippen LogP contribution in [0.3, 0.4) is 0 Å². The number of amides is 2. The van der Waals surface area contributed by atoms with E-state index in [-0.39, 0.29) is 11.4 Å². The van der Waals surface area contributed by atoms with Crippen molar-refractivity contribution in [2.45, 2.75) is 51.6 Å². The summed E-state index contributed by atoms with van der Waals surface area (Å²) in [6.45, 7) is 11.2. The van der Waals surface area contributed by atoms with Crippen molar-refractivity contribution in [2.24, 2.45) is 0 Å². The lowest BCUT2D eigenvalue weighted by molar-refractivity contribution is 0.121. The van der Waals surface area contributed by atoms with Crippen molar-refractivity contribution in [3.63, 3.8) is 0 Å². The Morgan fingerprint density at radius 3 is 2.86 bits per heavy atom. The van der Waals surface area contributed by atoms with E-state index in [2.05, 4.69) is 36.4 Å². The summed E-state index contributed by atoms with van der Waals surface area (Å²) in [5.74, 6) is 0. The fourth-order valence-corrected chi connectivity index (χ4v) is 4.12. The first-order chi connectivity index (χ1) is 10.4. The van der Waals surface area contributed by atoms with Gasteiger partial charge in [0, 0.05) is 43.0 Å². The van der Waals surface area contributed by atoms with E-state index >= 15 is 0 Å². The second kappa shape index (κ2) is 6.16. The number of hydrogen-bond donors (Lipinski definition) is 1. The standard InChI is InChI=1S/C16H26N4OS/c1-16(2,3)14-18-12(11-22-14)9-19-7-4-5-13(10-19)20-8-6-17-15(20)21/h11,13H,4-10H2,1-3H3,(H,17,21). The van der Waals surface area contributed by atoms with E-state index in [1.54, 1.807) is 11.3 Å². The predicted molar refractivity (Wildman–Crippen MR) is 89.2 cm³/mol. The van der Waals surface area contributed by atoms with Crippen molar-refractivity contribution in [3.8, 4) is 0 Å². The molecule has 2 aliphatic heterocycles. The zero-order valence-electron chi connectivity index (χ0n) is 13.8. The molecule has 122 valence electrons. The minimum absolute atomic E-state index is 0.107. The van der Waals surface area contributed by atoms with Gasteiger partial charge in [0.05, 0.1) is 10.7 Å². The Balaban J connectivity index is 1.60. The molecule has 0 aliphatic carbocycles. The van der Waals surface area contributed by atoms with Crippen molar-refractivity contribution in [1.29, 1.82) is 0 Å². The van der Waals surface area contributed by atoms with Crippen molar-refractivity contribution in [3.05, 3.63) is 16.1 Å². The topological polar surface area (TPSA) is 48.5 Å². The summed E-state index contributed by atoms with van der Waals surface area (Å²) in [4.78, 5) is 21.1. The van der Waals surface area contributed by atoms with Crippen molar-refractivity contribution in [1.82, 2.24) is 20.1 Å². The van der Waals surface area contributed by atoms with Gasteiger partial charge in [-0.3, -0.25) is 4.90 Å². The molecule has 2 fully saturated rings. The van der Waals surface area contributed by atoms with Gasteiger partial charge in [0.15, 0.2) is 0 Å². The quantitative estimate of drug-likeness (QED) is 0.930. The molecule has 1 N–H and O–H groups in total. The Labute approximate surface area is 136 Å². The number of carbonyl (C=O) groups is 1. The highest BCUT2D eigenvalue weighted by Gasteiger charge is 2.31. The molecule has 3 rings (SSSR count). The molecular weight excluding hydrogens is 296 g/mol. The summed E-state index contributed by atoms with van der Waals surface area (Å²) < 4.78 is 0. The largest absolute Gasteiger partial charge is 0.336 e. The number of thiazole rings is 1. The maximum absolute atomic E-state index is 11.8. The Morgan fingerprint density at radius 1 is 1.41 bits per heavy atom. The summed E-state index contributed by atoms with van der Waals surface area (Å²) in [6, 6.07) is 0.465. The first kappa shape index (κ1) is 15.7. The molecule has 1 aromatic heterocycles. The lowest BCUT2D eigenvalue weighted by atomic mass is 9.98. The molecule has 5 nitrogen and oxygen atoms in total. The van der Waals surface area contributed by atoms with Gasteiger partial charge in [-0.25, -0.2) is 9.78 Å². The maximum atomic E-state index is 11.8. The third-order valence-corrected chi connectivity index (χ3v) is 5.71. The second-order valence-corrected chi connectivity index (χ2v) is 8.21. The van der Waals surface area contributed by atoms with Crippen LogP contribution >= 0.6 is 11.3 Å². The molecule has 0 spiro atoms. The summed E-state index contributed by atoms with van der Waals surface area (Å²) >= 11 is 1.76. The number of likely N-dealkylation sites (tertiary alicyclic amines) is 1. The average molecular weight is 322 g/mol. The number of piperidine rings is 1. The molecule has 1 aromatic rings. The molecule has 0 aromatic carbocycles. The van der Waals surface area contributed by atoms with Gasteiger partial charge in [-0.05, 0) is 19.4 Å². The Kier molecular flexibility index (Phi) is 4.41. The van der Waals surface area contributed by atoms with Gasteiger partial charge in [-0.15, -0.1) is 11.3 Å². The monoisotopic (exact) mass is 322 g/mol. The minimum Gasteiger partial charge on any atom is -0.336 e. The predicted octanol–water partition coefficient (Wildman–Crippen LogP) is 2.43. The van der Waals surface area contributed by atoms with E-state index in [1.807, 2.05) is 4.90 Å². The van der Waals surface area contributed by atoms with Gasteiger partial charge in [0.25, 0.3) is 0 Å². The van der Waals surface area contributed by atoms with Gasteiger partial charge in [0.1, 0.15) is 0 Å². The fraction of sp³-hybridized carbons (Fsp3) is 0.750. The third-order valence-electron chi connectivity index (χ3n) is 4.39. The van der Waals surface area contributed by atoms with Crippen molar-refractivity contribution < 1.29 is 4.79 Å². The van der Waals surface area contributed by atoms with E-state index in [1.165, 1.54) is 10.7 Å². The number of carbonyl (C=O) groups excluding carboxylic acids is 1. The van der Waals surface area contributed by atoms with Crippen LogP contribution in [0, 0.1) is 0 Å². The molecule has 1 unspecified atom stereocenters. The molecule has 2 amide bonds. The zero-order chi connectivity index (χ0) is 15.7. The lowest BCUT2D eigenvalue weighted by Gasteiger charge is -2.36. The van der Waals surface area contributed by atoms with E-state index in [0.29, 0.717) is 6.04 Å². The van der Waals surface area contributed by atoms with E-state index in [4.69, 9.17) is 4.98 Å². The number of nitrogens with zero attached hydrogens (tertiary/aromatic N) is 3. The molecule has 0 bridgehead atoms. The Bertz CT molecular complexity index is 536. The normalized spacial score (nSPS) is 23.9. The first-order valence-corrected chi connectivity index (χ1v) is 9.03. The number of nitrogens with one attached hydrogen (secondary N) is 1. The van der Waals surface area contributed by atoms with Gasteiger partial charge >= 0.3 is 6.03 Å². The van der Waals surface area contributed by atoms with E-state index < -0.39 is 0 Å². The smallest absolute Gasteiger partial charge is 0.317 e. The van der Waals surface area contributed by atoms with Crippen LogP contribution < -0.4 is 5.32 Å². The molecular formula is C16H26N4OS. The van der Waals surface area contributed by atoms with Crippen molar-refractivity contribution in [2.75, 3.05) is 26.2 Å². The molecule has 2 aliphatic rings. The van der Waals surface area contributed by atoms with E-state index in [9.17, 15) is 4.79 Å². The highest BCUT2D eigenvalue weighted by atomic mass is 32.1. The molecule has 22 heavy (non-hydrogen) atoms. The van der Waals surface area contributed by atoms with Gasteiger partial charge in [0.2, 0.25) is 0 Å². The fourth-order valence-electron chi connectivity index (χ4n) is 3.22. The number of hydrogen-bond acceptors (Lipinski definition) is 4. The summed E-state index contributed by atoms with van der Waals surface area (Å²) in [5, 5.41) is 6.30. The molecule has 0 radical (unpaired) electrons.